The molecule has 23 heavy (non-hydrogen) atoms. The Morgan fingerprint density at radius 3 is 2.70 bits per heavy atom. The molecular weight excluding hydrogens is 290 g/mol. The maximum atomic E-state index is 12.3. The summed E-state index contributed by atoms with van der Waals surface area (Å²) < 4.78 is 0. The summed E-state index contributed by atoms with van der Waals surface area (Å²) in [5.41, 5.74) is 3.01. The minimum atomic E-state index is -0.430. The molecule has 1 aliphatic carbocycles. The molecule has 2 amide bonds. The van der Waals surface area contributed by atoms with Gasteiger partial charge in [0, 0.05) is 17.8 Å². The SMILES string of the molecule is Cc1ccc(NC(=O)C[C@@H]2N[C@@H]3CCCC[C@@H]3NC2=O)c(C)c1. The molecule has 1 heterocycles. The minimum Gasteiger partial charge on any atom is -0.350 e. The van der Waals surface area contributed by atoms with Crippen molar-refractivity contribution in [3.8, 4) is 0 Å². The smallest absolute Gasteiger partial charge is 0.237 e. The molecule has 1 saturated heterocycles. The zero-order valence-corrected chi connectivity index (χ0v) is 13.8. The summed E-state index contributed by atoms with van der Waals surface area (Å²) >= 11 is 0. The molecule has 1 saturated carbocycles. The molecule has 1 aliphatic heterocycles. The van der Waals surface area contributed by atoms with Crippen LogP contribution in [0.3, 0.4) is 0 Å². The number of carbonyl (C=O) groups is 2. The number of rotatable bonds is 3. The molecule has 1 aromatic rings. The van der Waals surface area contributed by atoms with Gasteiger partial charge in [-0.2, -0.15) is 0 Å². The maximum absolute atomic E-state index is 12.3. The molecule has 5 heteroatoms. The molecule has 124 valence electrons. The topological polar surface area (TPSA) is 70.2 Å². The molecule has 5 nitrogen and oxygen atoms in total. The van der Waals surface area contributed by atoms with Gasteiger partial charge in [-0.1, -0.05) is 30.5 Å². The summed E-state index contributed by atoms with van der Waals surface area (Å²) in [7, 11) is 0. The highest BCUT2D eigenvalue weighted by molar-refractivity contribution is 5.96. The van der Waals surface area contributed by atoms with Gasteiger partial charge in [0.15, 0.2) is 0 Å². The van der Waals surface area contributed by atoms with Crippen LogP contribution in [0.2, 0.25) is 0 Å². The van der Waals surface area contributed by atoms with Gasteiger partial charge in [0.2, 0.25) is 11.8 Å². The summed E-state index contributed by atoms with van der Waals surface area (Å²) in [6.07, 6.45) is 4.62. The molecule has 0 radical (unpaired) electrons. The largest absolute Gasteiger partial charge is 0.350 e. The van der Waals surface area contributed by atoms with Crippen molar-refractivity contribution in [3.63, 3.8) is 0 Å². The lowest BCUT2D eigenvalue weighted by molar-refractivity contribution is -0.129. The molecule has 0 spiro atoms. The molecule has 3 N–H and O–H groups in total. The molecule has 3 atom stereocenters. The van der Waals surface area contributed by atoms with Crippen LogP contribution in [0.5, 0.6) is 0 Å². The molecule has 2 aliphatic rings. The normalized spacial score (nSPS) is 27.0. The Morgan fingerprint density at radius 2 is 1.96 bits per heavy atom. The monoisotopic (exact) mass is 315 g/mol. The lowest BCUT2D eigenvalue weighted by Gasteiger charge is -2.40. The number of carbonyl (C=O) groups excluding carboxylic acids is 2. The predicted molar refractivity (Wildman–Crippen MR) is 90.3 cm³/mol. The fourth-order valence-electron chi connectivity index (χ4n) is 3.61. The summed E-state index contributed by atoms with van der Waals surface area (Å²) in [6, 6.07) is 6.03. The van der Waals surface area contributed by atoms with Crippen molar-refractivity contribution in [1.82, 2.24) is 10.6 Å². The number of fused-ring (bicyclic) bond motifs is 1. The Hall–Kier alpha value is -1.88. The lowest BCUT2D eigenvalue weighted by Crippen LogP contribution is -2.65. The van der Waals surface area contributed by atoms with Crippen molar-refractivity contribution in [2.45, 2.75) is 64.1 Å². The number of aryl methyl sites for hydroxylation is 2. The Morgan fingerprint density at radius 1 is 1.22 bits per heavy atom. The van der Waals surface area contributed by atoms with Crippen LogP contribution in [-0.4, -0.2) is 29.9 Å². The molecule has 0 bridgehead atoms. The van der Waals surface area contributed by atoms with E-state index in [9.17, 15) is 9.59 Å². The van der Waals surface area contributed by atoms with E-state index in [1.165, 1.54) is 12.8 Å². The third kappa shape index (κ3) is 3.72. The third-order valence-corrected chi connectivity index (χ3v) is 4.87. The number of anilines is 1. The van der Waals surface area contributed by atoms with Crippen molar-refractivity contribution in [3.05, 3.63) is 29.3 Å². The van der Waals surface area contributed by atoms with Crippen molar-refractivity contribution < 1.29 is 9.59 Å². The van der Waals surface area contributed by atoms with Gasteiger partial charge in [0.1, 0.15) is 0 Å². The number of piperazine rings is 1. The Balaban J connectivity index is 1.59. The Labute approximate surface area is 137 Å². The van der Waals surface area contributed by atoms with Crippen LogP contribution in [-0.2, 0) is 9.59 Å². The van der Waals surface area contributed by atoms with Crippen LogP contribution in [0, 0.1) is 13.8 Å². The predicted octanol–water partition coefficient (Wildman–Crippen LogP) is 2.03. The summed E-state index contributed by atoms with van der Waals surface area (Å²) in [5, 5.41) is 9.37. The average Bonchev–Trinajstić information content (AvgIpc) is 2.51. The summed E-state index contributed by atoms with van der Waals surface area (Å²) in [6.45, 7) is 4.00. The van der Waals surface area contributed by atoms with Gasteiger partial charge in [-0.25, -0.2) is 0 Å². The summed E-state index contributed by atoms with van der Waals surface area (Å²) in [4.78, 5) is 24.5. The van der Waals surface area contributed by atoms with Gasteiger partial charge in [-0.15, -0.1) is 0 Å². The first-order valence-corrected chi connectivity index (χ1v) is 8.46. The van der Waals surface area contributed by atoms with E-state index in [4.69, 9.17) is 0 Å². The van der Waals surface area contributed by atoms with E-state index >= 15 is 0 Å². The molecular formula is C18H25N3O2. The first-order valence-electron chi connectivity index (χ1n) is 8.46. The minimum absolute atomic E-state index is 0.0519. The van der Waals surface area contributed by atoms with E-state index < -0.39 is 6.04 Å². The molecule has 0 unspecified atom stereocenters. The fourth-order valence-corrected chi connectivity index (χ4v) is 3.61. The standard InChI is InChI=1S/C18H25N3O2/c1-11-7-8-13(12(2)9-11)20-17(22)10-16-18(23)21-15-6-4-3-5-14(15)19-16/h7-9,14-16,19H,3-6,10H2,1-2H3,(H,20,22)(H,21,23)/t14-,15+,16+/m1/s1. The highest BCUT2D eigenvalue weighted by atomic mass is 16.2. The van der Waals surface area contributed by atoms with E-state index in [-0.39, 0.29) is 24.3 Å². The zero-order chi connectivity index (χ0) is 16.4. The maximum Gasteiger partial charge on any atom is 0.237 e. The van der Waals surface area contributed by atoms with Crippen molar-refractivity contribution >= 4 is 17.5 Å². The van der Waals surface area contributed by atoms with Crippen LogP contribution in [0.4, 0.5) is 5.69 Å². The number of amides is 2. The highest BCUT2D eigenvalue weighted by Crippen LogP contribution is 2.22. The Kier molecular flexibility index (Phi) is 4.66. The zero-order valence-electron chi connectivity index (χ0n) is 13.8. The second kappa shape index (κ2) is 6.71. The first kappa shape index (κ1) is 16.0. The molecule has 2 fully saturated rings. The van der Waals surface area contributed by atoms with Gasteiger partial charge in [0.05, 0.1) is 12.5 Å². The first-order chi connectivity index (χ1) is 11.0. The van der Waals surface area contributed by atoms with E-state index in [0.29, 0.717) is 6.04 Å². The highest BCUT2D eigenvalue weighted by Gasteiger charge is 2.36. The van der Waals surface area contributed by atoms with Crippen LogP contribution in [0.15, 0.2) is 18.2 Å². The van der Waals surface area contributed by atoms with Gasteiger partial charge in [-0.05, 0) is 38.3 Å². The molecule has 1 aromatic carbocycles. The fraction of sp³-hybridized carbons (Fsp3) is 0.556. The van der Waals surface area contributed by atoms with E-state index in [0.717, 1.165) is 29.7 Å². The quantitative estimate of drug-likeness (QED) is 0.799. The van der Waals surface area contributed by atoms with Crippen LogP contribution in [0.1, 0.15) is 43.2 Å². The molecule has 0 aromatic heterocycles. The third-order valence-electron chi connectivity index (χ3n) is 4.87. The lowest BCUT2D eigenvalue weighted by atomic mass is 9.87. The number of hydrogen-bond acceptors (Lipinski definition) is 3. The number of nitrogens with one attached hydrogen (secondary N) is 3. The van der Waals surface area contributed by atoms with Gasteiger partial charge in [0.25, 0.3) is 0 Å². The van der Waals surface area contributed by atoms with Crippen LogP contribution < -0.4 is 16.0 Å². The van der Waals surface area contributed by atoms with E-state index in [1.807, 2.05) is 32.0 Å². The van der Waals surface area contributed by atoms with E-state index in [2.05, 4.69) is 16.0 Å². The number of hydrogen-bond donors (Lipinski definition) is 3. The van der Waals surface area contributed by atoms with Gasteiger partial charge >= 0.3 is 0 Å². The van der Waals surface area contributed by atoms with E-state index in [1.54, 1.807) is 0 Å². The summed E-state index contributed by atoms with van der Waals surface area (Å²) in [5.74, 6) is -0.178. The van der Waals surface area contributed by atoms with Crippen molar-refractivity contribution in [1.29, 1.82) is 0 Å². The van der Waals surface area contributed by atoms with Gasteiger partial charge in [-0.3, -0.25) is 9.59 Å². The van der Waals surface area contributed by atoms with Crippen molar-refractivity contribution in [2.24, 2.45) is 0 Å². The second-order valence-corrected chi connectivity index (χ2v) is 6.80. The van der Waals surface area contributed by atoms with Gasteiger partial charge < -0.3 is 16.0 Å². The second-order valence-electron chi connectivity index (χ2n) is 6.80. The average molecular weight is 315 g/mol. The molecule has 3 rings (SSSR count). The van der Waals surface area contributed by atoms with Crippen molar-refractivity contribution in [2.75, 3.05) is 5.32 Å². The van der Waals surface area contributed by atoms with Crippen LogP contribution >= 0.6 is 0 Å². The Bertz CT molecular complexity index is 614. The van der Waals surface area contributed by atoms with Crippen LogP contribution in [0.25, 0.3) is 0 Å². The number of benzene rings is 1.